The number of benzene rings is 1. The maximum atomic E-state index is 14.3. The Morgan fingerprint density at radius 1 is 1.45 bits per heavy atom. The van der Waals surface area contributed by atoms with Gasteiger partial charge in [-0.1, -0.05) is 11.3 Å². The maximum Gasteiger partial charge on any atom is 0.207 e. The van der Waals surface area contributed by atoms with E-state index in [0.29, 0.717) is 33.1 Å². The predicted molar refractivity (Wildman–Crippen MR) is 86.8 cm³/mol. The van der Waals surface area contributed by atoms with Gasteiger partial charge in [-0.15, -0.1) is 28.7 Å². The molecule has 0 atom stereocenters. The number of hydrogen-bond acceptors (Lipinski definition) is 2. The smallest absolute Gasteiger partial charge is 0.207 e. The van der Waals surface area contributed by atoms with Crippen LogP contribution in [-0.4, -0.2) is 11.2 Å². The minimum Gasteiger partial charge on any atom is -0.493 e. The first kappa shape index (κ1) is 18.1. The second-order valence-corrected chi connectivity index (χ2v) is 6.41. The summed E-state index contributed by atoms with van der Waals surface area (Å²) < 4.78 is 21.8. The third-order valence-electron chi connectivity index (χ3n) is 3.56. The molecule has 0 unspecified atom stereocenters. The molecule has 0 saturated heterocycles. The van der Waals surface area contributed by atoms with Gasteiger partial charge in [0.05, 0.1) is 12.4 Å². The summed E-state index contributed by atoms with van der Waals surface area (Å²) in [6.07, 6.45) is 2.39. The van der Waals surface area contributed by atoms with E-state index >= 15 is 0 Å². The van der Waals surface area contributed by atoms with Gasteiger partial charge in [-0.3, -0.25) is 4.79 Å². The SMILES string of the molecule is Cn1c(-c2ccc(OCC3CC3)cc2F)[c-]cc(I)c1=O.[Y]. The van der Waals surface area contributed by atoms with Crippen molar-refractivity contribution in [3.63, 3.8) is 0 Å². The molecule has 3 rings (SSSR count). The zero-order valence-corrected chi connectivity index (χ0v) is 17.1. The first-order chi connectivity index (χ1) is 10.1. The van der Waals surface area contributed by atoms with Crippen molar-refractivity contribution >= 4 is 22.6 Å². The molecule has 113 valence electrons. The van der Waals surface area contributed by atoms with E-state index in [1.165, 1.54) is 23.5 Å². The third-order valence-corrected chi connectivity index (χ3v) is 4.33. The average Bonchev–Trinajstić information content (AvgIpc) is 3.28. The summed E-state index contributed by atoms with van der Waals surface area (Å²) in [7, 11) is 1.62. The van der Waals surface area contributed by atoms with E-state index in [2.05, 4.69) is 6.07 Å². The molecule has 1 aromatic carbocycles. The molecule has 0 spiro atoms. The first-order valence-electron chi connectivity index (χ1n) is 6.76. The van der Waals surface area contributed by atoms with Gasteiger partial charge in [-0.05, 0) is 28.4 Å². The quantitative estimate of drug-likeness (QED) is 0.490. The number of halogens is 2. The zero-order chi connectivity index (χ0) is 15.0. The Balaban J connectivity index is 0.00000176. The van der Waals surface area contributed by atoms with E-state index in [1.54, 1.807) is 25.2 Å². The fourth-order valence-electron chi connectivity index (χ4n) is 2.09. The number of ether oxygens (including phenoxy) is 1. The third kappa shape index (κ3) is 3.98. The van der Waals surface area contributed by atoms with Crippen molar-refractivity contribution in [1.82, 2.24) is 4.57 Å². The van der Waals surface area contributed by atoms with Crippen LogP contribution in [0.3, 0.4) is 0 Å². The summed E-state index contributed by atoms with van der Waals surface area (Å²) in [5.74, 6) is 0.743. The molecule has 0 amide bonds. The van der Waals surface area contributed by atoms with Crippen LogP contribution in [-0.2, 0) is 39.8 Å². The summed E-state index contributed by atoms with van der Waals surface area (Å²) in [6, 6.07) is 9.27. The van der Waals surface area contributed by atoms with Crippen molar-refractivity contribution in [1.29, 1.82) is 0 Å². The second-order valence-electron chi connectivity index (χ2n) is 5.25. The van der Waals surface area contributed by atoms with Gasteiger partial charge in [-0.2, -0.15) is 12.1 Å². The Morgan fingerprint density at radius 3 is 2.82 bits per heavy atom. The van der Waals surface area contributed by atoms with Crippen LogP contribution in [0.1, 0.15) is 12.8 Å². The number of aromatic nitrogens is 1. The standard InChI is InChI=1S/C16H14FINO2.Y/c1-19-15(7-6-14(18)16(19)20)12-5-4-11(8-13(12)17)21-9-10-2-3-10;/h4-6,8,10H,2-3,9H2,1H3;/q-1;. The van der Waals surface area contributed by atoms with Gasteiger partial charge in [0.2, 0.25) is 5.56 Å². The van der Waals surface area contributed by atoms with Crippen LogP contribution in [0.4, 0.5) is 4.39 Å². The normalized spacial score (nSPS) is 13.6. The fourth-order valence-corrected chi connectivity index (χ4v) is 2.60. The first-order valence-corrected chi connectivity index (χ1v) is 7.84. The van der Waals surface area contributed by atoms with Crippen molar-refractivity contribution in [3.8, 4) is 17.0 Å². The molecule has 0 bridgehead atoms. The fraction of sp³-hybridized carbons (Fsp3) is 0.312. The average molecular weight is 487 g/mol. The topological polar surface area (TPSA) is 31.2 Å². The molecule has 1 aromatic heterocycles. The molecule has 1 heterocycles. The van der Waals surface area contributed by atoms with Crippen LogP contribution in [0.2, 0.25) is 0 Å². The molecule has 1 fully saturated rings. The number of pyridine rings is 1. The Bertz CT molecular complexity index is 743. The Morgan fingerprint density at radius 2 is 2.18 bits per heavy atom. The van der Waals surface area contributed by atoms with Crippen molar-refractivity contribution in [2.45, 2.75) is 12.8 Å². The van der Waals surface area contributed by atoms with Gasteiger partial charge in [0, 0.05) is 45.8 Å². The van der Waals surface area contributed by atoms with Gasteiger partial charge in [-0.25, -0.2) is 4.39 Å². The minimum absolute atomic E-state index is 0. The van der Waals surface area contributed by atoms with Crippen LogP contribution in [0.25, 0.3) is 11.3 Å². The van der Waals surface area contributed by atoms with Gasteiger partial charge < -0.3 is 9.30 Å². The summed E-state index contributed by atoms with van der Waals surface area (Å²) in [5.41, 5.74) is 0.634. The molecule has 2 aromatic rings. The van der Waals surface area contributed by atoms with Crippen molar-refractivity contribution in [3.05, 3.63) is 50.1 Å². The molecule has 22 heavy (non-hydrogen) atoms. The summed E-state index contributed by atoms with van der Waals surface area (Å²) in [5, 5.41) is 0. The molecule has 6 heteroatoms. The van der Waals surface area contributed by atoms with E-state index in [-0.39, 0.29) is 38.3 Å². The van der Waals surface area contributed by atoms with Crippen molar-refractivity contribution in [2.24, 2.45) is 13.0 Å². The maximum absolute atomic E-state index is 14.3. The summed E-state index contributed by atoms with van der Waals surface area (Å²) in [4.78, 5) is 11.9. The van der Waals surface area contributed by atoms with E-state index in [1.807, 2.05) is 22.6 Å². The monoisotopic (exact) mass is 487 g/mol. The Kier molecular flexibility index (Phi) is 6.19. The van der Waals surface area contributed by atoms with Crippen LogP contribution in [0.15, 0.2) is 29.1 Å². The zero-order valence-electron chi connectivity index (χ0n) is 12.1. The number of hydrogen-bond donors (Lipinski definition) is 0. The number of nitrogens with zero attached hydrogens (tertiary/aromatic N) is 1. The van der Waals surface area contributed by atoms with E-state index < -0.39 is 5.82 Å². The van der Waals surface area contributed by atoms with E-state index in [0.717, 1.165) is 0 Å². The van der Waals surface area contributed by atoms with Crippen LogP contribution >= 0.6 is 22.6 Å². The molecular formula is C16H14FINO2Y-. The van der Waals surface area contributed by atoms with E-state index in [9.17, 15) is 9.18 Å². The van der Waals surface area contributed by atoms with Crippen molar-refractivity contribution < 1.29 is 41.8 Å². The molecular weight excluding hydrogens is 473 g/mol. The molecule has 1 aliphatic rings. The second kappa shape index (κ2) is 7.54. The van der Waals surface area contributed by atoms with Crippen LogP contribution in [0.5, 0.6) is 5.75 Å². The van der Waals surface area contributed by atoms with Gasteiger partial charge in [0.15, 0.2) is 0 Å². The molecule has 1 aliphatic carbocycles. The predicted octanol–water partition coefficient (Wildman–Crippen LogP) is 3.38. The van der Waals surface area contributed by atoms with Crippen LogP contribution < -0.4 is 10.3 Å². The number of rotatable bonds is 4. The molecule has 1 saturated carbocycles. The largest absolute Gasteiger partial charge is 0.493 e. The molecule has 3 nitrogen and oxygen atoms in total. The molecule has 0 aliphatic heterocycles. The minimum atomic E-state index is -0.407. The van der Waals surface area contributed by atoms with Gasteiger partial charge in [0.25, 0.3) is 0 Å². The Labute approximate surface area is 167 Å². The van der Waals surface area contributed by atoms with Crippen molar-refractivity contribution in [2.75, 3.05) is 6.61 Å². The van der Waals surface area contributed by atoms with Crippen LogP contribution in [0, 0.1) is 21.4 Å². The molecule has 1 radical (unpaired) electrons. The summed E-state index contributed by atoms with van der Waals surface area (Å²) >= 11 is 1.94. The van der Waals surface area contributed by atoms with Gasteiger partial charge >= 0.3 is 0 Å². The Hall–Kier alpha value is -0.266. The summed E-state index contributed by atoms with van der Waals surface area (Å²) in [6.45, 7) is 0.646. The van der Waals surface area contributed by atoms with E-state index in [4.69, 9.17) is 4.74 Å². The van der Waals surface area contributed by atoms with Gasteiger partial charge in [0.1, 0.15) is 5.75 Å². The molecule has 0 N–H and O–H groups in total.